The van der Waals surface area contributed by atoms with E-state index in [-0.39, 0.29) is 6.10 Å². The van der Waals surface area contributed by atoms with Crippen LogP contribution in [-0.2, 0) is 4.74 Å². The van der Waals surface area contributed by atoms with E-state index in [1.807, 2.05) is 18.2 Å². The Kier molecular flexibility index (Phi) is 6.66. The normalized spacial score (nSPS) is 12.4. The first-order chi connectivity index (χ1) is 7.83. The number of anilines is 1. The van der Waals surface area contributed by atoms with Crippen LogP contribution in [0, 0.1) is 0 Å². The van der Waals surface area contributed by atoms with E-state index in [0.29, 0.717) is 0 Å². The van der Waals surface area contributed by atoms with E-state index in [0.717, 1.165) is 18.8 Å². The van der Waals surface area contributed by atoms with Gasteiger partial charge in [0, 0.05) is 18.8 Å². The highest BCUT2D eigenvalue weighted by molar-refractivity contribution is 5.42. The van der Waals surface area contributed by atoms with Crippen molar-refractivity contribution in [2.75, 3.05) is 18.5 Å². The van der Waals surface area contributed by atoms with Crippen LogP contribution >= 0.6 is 0 Å². The molecule has 0 saturated carbocycles. The Morgan fingerprint density at radius 1 is 1.19 bits per heavy atom. The molecule has 0 aromatic heterocycles. The summed E-state index contributed by atoms with van der Waals surface area (Å²) in [5.74, 6) is 0. The lowest BCUT2D eigenvalue weighted by Crippen LogP contribution is -2.20. The third-order valence-electron chi connectivity index (χ3n) is 2.52. The van der Waals surface area contributed by atoms with Gasteiger partial charge in [0.05, 0.1) is 6.10 Å². The average molecular weight is 221 g/mol. The fourth-order valence-electron chi connectivity index (χ4n) is 1.51. The average Bonchev–Trinajstić information content (AvgIpc) is 2.33. The van der Waals surface area contributed by atoms with Crippen molar-refractivity contribution in [2.24, 2.45) is 0 Å². The minimum atomic E-state index is 0.275. The number of para-hydroxylation sites is 1. The van der Waals surface area contributed by atoms with E-state index in [9.17, 15) is 0 Å². The van der Waals surface area contributed by atoms with Crippen molar-refractivity contribution in [2.45, 2.75) is 39.2 Å². The predicted octanol–water partition coefficient (Wildman–Crippen LogP) is 3.69. The molecular formula is C14H23NO. The molecule has 0 amide bonds. The summed E-state index contributed by atoms with van der Waals surface area (Å²) in [6, 6.07) is 10.2. The topological polar surface area (TPSA) is 21.3 Å². The molecule has 0 aliphatic carbocycles. The molecule has 0 aliphatic rings. The van der Waals surface area contributed by atoms with Crippen molar-refractivity contribution in [3.63, 3.8) is 0 Å². The molecule has 1 N–H and O–H groups in total. The first-order valence-electron chi connectivity index (χ1n) is 6.23. The molecule has 16 heavy (non-hydrogen) atoms. The van der Waals surface area contributed by atoms with Gasteiger partial charge in [0.15, 0.2) is 0 Å². The van der Waals surface area contributed by atoms with Crippen molar-refractivity contribution >= 4 is 5.69 Å². The molecule has 0 spiro atoms. The third-order valence-corrected chi connectivity index (χ3v) is 2.52. The van der Waals surface area contributed by atoms with Gasteiger partial charge >= 0.3 is 0 Å². The van der Waals surface area contributed by atoms with Gasteiger partial charge in [-0.3, -0.25) is 0 Å². The summed E-state index contributed by atoms with van der Waals surface area (Å²) in [5.41, 5.74) is 1.16. The highest BCUT2D eigenvalue weighted by Crippen LogP contribution is 2.05. The quantitative estimate of drug-likeness (QED) is 0.676. The van der Waals surface area contributed by atoms with E-state index in [2.05, 4.69) is 31.3 Å². The van der Waals surface area contributed by atoms with Gasteiger partial charge in [-0.1, -0.05) is 38.0 Å². The molecule has 1 unspecified atom stereocenters. The Bertz CT molecular complexity index is 261. The molecule has 0 bridgehead atoms. The van der Waals surface area contributed by atoms with Gasteiger partial charge in [-0.25, -0.2) is 0 Å². The molecule has 0 radical (unpaired) electrons. The Morgan fingerprint density at radius 2 is 1.94 bits per heavy atom. The van der Waals surface area contributed by atoms with Crippen LogP contribution in [0.5, 0.6) is 0 Å². The van der Waals surface area contributed by atoms with Crippen LogP contribution < -0.4 is 5.32 Å². The van der Waals surface area contributed by atoms with Crippen LogP contribution in [0.2, 0.25) is 0 Å². The number of ether oxygens (including phenoxy) is 1. The van der Waals surface area contributed by atoms with Crippen LogP contribution in [-0.4, -0.2) is 19.3 Å². The summed E-state index contributed by atoms with van der Waals surface area (Å²) >= 11 is 0. The molecule has 0 aliphatic heterocycles. The van der Waals surface area contributed by atoms with Gasteiger partial charge in [0.1, 0.15) is 0 Å². The number of unbranched alkanes of at least 4 members (excludes halogenated alkanes) is 2. The van der Waals surface area contributed by atoms with E-state index in [1.54, 1.807) is 0 Å². The summed E-state index contributed by atoms with van der Waals surface area (Å²) < 4.78 is 5.70. The summed E-state index contributed by atoms with van der Waals surface area (Å²) in [6.07, 6.45) is 3.96. The first-order valence-corrected chi connectivity index (χ1v) is 6.23. The van der Waals surface area contributed by atoms with Crippen LogP contribution in [0.3, 0.4) is 0 Å². The molecule has 0 fully saturated rings. The Hall–Kier alpha value is -1.02. The van der Waals surface area contributed by atoms with Crippen molar-refractivity contribution in [1.29, 1.82) is 0 Å². The highest BCUT2D eigenvalue weighted by atomic mass is 16.5. The van der Waals surface area contributed by atoms with Crippen molar-refractivity contribution in [3.05, 3.63) is 30.3 Å². The monoisotopic (exact) mass is 221 g/mol. The molecule has 2 nitrogen and oxygen atoms in total. The Labute approximate surface area is 99.0 Å². The van der Waals surface area contributed by atoms with Crippen LogP contribution in [0.15, 0.2) is 30.3 Å². The molecule has 2 heteroatoms. The maximum absolute atomic E-state index is 5.70. The lowest BCUT2D eigenvalue weighted by molar-refractivity contribution is 0.0719. The van der Waals surface area contributed by atoms with Gasteiger partial charge in [-0.15, -0.1) is 0 Å². The maximum Gasteiger partial charge on any atom is 0.0719 e. The molecule has 1 rings (SSSR count). The third kappa shape index (κ3) is 5.76. The molecule has 0 saturated heterocycles. The SMILES string of the molecule is CCCCCOC(C)CNc1ccccc1. The predicted molar refractivity (Wildman–Crippen MR) is 69.9 cm³/mol. The van der Waals surface area contributed by atoms with Gasteiger partial charge < -0.3 is 10.1 Å². The largest absolute Gasteiger partial charge is 0.382 e. The summed E-state index contributed by atoms with van der Waals surface area (Å²) in [7, 11) is 0. The molecule has 1 aromatic rings. The molecule has 0 heterocycles. The van der Waals surface area contributed by atoms with E-state index < -0.39 is 0 Å². The maximum atomic E-state index is 5.70. The van der Waals surface area contributed by atoms with E-state index in [4.69, 9.17) is 4.74 Å². The molecule has 90 valence electrons. The van der Waals surface area contributed by atoms with Gasteiger partial charge in [0.2, 0.25) is 0 Å². The number of rotatable bonds is 8. The van der Waals surface area contributed by atoms with Crippen molar-refractivity contribution in [3.8, 4) is 0 Å². The zero-order valence-electron chi connectivity index (χ0n) is 10.4. The molecular weight excluding hydrogens is 198 g/mol. The minimum Gasteiger partial charge on any atom is -0.382 e. The number of hydrogen-bond donors (Lipinski definition) is 1. The van der Waals surface area contributed by atoms with Crippen LogP contribution in [0.25, 0.3) is 0 Å². The number of hydrogen-bond acceptors (Lipinski definition) is 2. The van der Waals surface area contributed by atoms with Crippen molar-refractivity contribution in [1.82, 2.24) is 0 Å². The van der Waals surface area contributed by atoms with E-state index >= 15 is 0 Å². The summed E-state index contributed by atoms with van der Waals surface area (Å²) in [4.78, 5) is 0. The number of benzene rings is 1. The highest BCUT2D eigenvalue weighted by Gasteiger charge is 2.01. The molecule has 1 aromatic carbocycles. The lowest BCUT2D eigenvalue weighted by atomic mass is 10.2. The van der Waals surface area contributed by atoms with Gasteiger partial charge in [0.25, 0.3) is 0 Å². The fourth-order valence-corrected chi connectivity index (χ4v) is 1.51. The minimum absolute atomic E-state index is 0.275. The van der Waals surface area contributed by atoms with Gasteiger partial charge in [-0.2, -0.15) is 0 Å². The second kappa shape index (κ2) is 8.17. The smallest absolute Gasteiger partial charge is 0.0719 e. The fraction of sp³-hybridized carbons (Fsp3) is 0.571. The van der Waals surface area contributed by atoms with Crippen molar-refractivity contribution < 1.29 is 4.74 Å². The van der Waals surface area contributed by atoms with E-state index in [1.165, 1.54) is 19.3 Å². The number of nitrogens with one attached hydrogen (secondary N) is 1. The standard InChI is InChI=1S/C14H23NO/c1-3-4-8-11-16-13(2)12-15-14-9-6-5-7-10-14/h5-7,9-10,13,15H,3-4,8,11-12H2,1-2H3. The zero-order chi connectivity index (χ0) is 11.6. The summed E-state index contributed by atoms with van der Waals surface area (Å²) in [6.45, 7) is 6.07. The zero-order valence-corrected chi connectivity index (χ0v) is 10.4. The first kappa shape index (κ1) is 13.0. The Morgan fingerprint density at radius 3 is 2.62 bits per heavy atom. The second-order valence-electron chi connectivity index (χ2n) is 4.14. The van der Waals surface area contributed by atoms with Crippen LogP contribution in [0.1, 0.15) is 33.1 Å². The lowest BCUT2D eigenvalue weighted by Gasteiger charge is -2.14. The molecule has 1 atom stereocenters. The Balaban J connectivity index is 2.08. The second-order valence-corrected chi connectivity index (χ2v) is 4.14. The summed E-state index contributed by atoms with van der Waals surface area (Å²) in [5, 5.41) is 3.36. The van der Waals surface area contributed by atoms with Crippen LogP contribution in [0.4, 0.5) is 5.69 Å². The van der Waals surface area contributed by atoms with Gasteiger partial charge in [-0.05, 0) is 25.5 Å².